The first-order valence-electron chi connectivity index (χ1n) is 6.35. The monoisotopic (exact) mass is 355 g/mol. The number of aryl methyl sites for hydroxylation is 1. The van der Waals surface area contributed by atoms with Crippen LogP contribution in [0.3, 0.4) is 0 Å². The first-order valence-corrected chi connectivity index (χ1v) is 7.53. The average molecular weight is 357 g/mol. The molecule has 0 unspecified atom stereocenters. The zero-order valence-corrected chi connectivity index (χ0v) is 13.4. The minimum atomic E-state index is -0.118. The molecule has 0 radical (unpaired) electrons. The Labute approximate surface area is 130 Å². The third-order valence-electron chi connectivity index (χ3n) is 2.82. The largest absolute Gasteiger partial charge is 0.379 e. The summed E-state index contributed by atoms with van der Waals surface area (Å²) in [5.41, 5.74) is 1.66. The van der Waals surface area contributed by atoms with E-state index in [4.69, 9.17) is 11.6 Å². The molecule has 0 fully saturated rings. The van der Waals surface area contributed by atoms with Crippen molar-refractivity contribution in [3.8, 4) is 0 Å². The van der Waals surface area contributed by atoms with Gasteiger partial charge in [0, 0.05) is 18.1 Å². The van der Waals surface area contributed by atoms with E-state index in [1.165, 1.54) is 4.68 Å². The van der Waals surface area contributed by atoms with E-state index < -0.39 is 0 Å². The standard InChI is InChI=1S/C14H15BrClN3O/c1-2-7-19-14(20)13(15)12(9-18-19)17-8-10-3-5-11(16)6-4-10/h3-6,9,17H,2,7-8H2,1H3. The van der Waals surface area contributed by atoms with Crippen LogP contribution in [0.2, 0.25) is 5.02 Å². The van der Waals surface area contributed by atoms with Crippen molar-refractivity contribution in [1.82, 2.24) is 9.78 Å². The van der Waals surface area contributed by atoms with Gasteiger partial charge in [-0.2, -0.15) is 5.10 Å². The van der Waals surface area contributed by atoms with Gasteiger partial charge in [0.15, 0.2) is 0 Å². The minimum Gasteiger partial charge on any atom is -0.379 e. The topological polar surface area (TPSA) is 46.9 Å². The van der Waals surface area contributed by atoms with E-state index in [0.717, 1.165) is 12.0 Å². The number of hydrogen-bond acceptors (Lipinski definition) is 3. The molecule has 106 valence electrons. The third kappa shape index (κ3) is 3.61. The van der Waals surface area contributed by atoms with Crippen LogP contribution in [0.1, 0.15) is 18.9 Å². The number of nitrogens with one attached hydrogen (secondary N) is 1. The number of rotatable bonds is 5. The summed E-state index contributed by atoms with van der Waals surface area (Å²) in [6.45, 7) is 3.23. The minimum absolute atomic E-state index is 0.118. The molecule has 20 heavy (non-hydrogen) atoms. The molecule has 1 aromatic carbocycles. The molecule has 1 N–H and O–H groups in total. The maximum atomic E-state index is 12.0. The molecule has 0 atom stereocenters. The van der Waals surface area contributed by atoms with Crippen molar-refractivity contribution < 1.29 is 0 Å². The quantitative estimate of drug-likeness (QED) is 0.889. The van der Waals surface area contributed by atoms with Gasteiger partial charge in [-0.25, -0.2) is 4.68 Å². The molecule has 1 heterocycles. The second kappa shape index (κ2) is 6.90. The van der Waals surface area contributed by atoms with E-state index in [-0.39, 0.29) is 5.56 Å². The van der Waals surface area contributed by atoms with E-state index in [9.17, 15) is 4.79 Å². The van der Waals surface area contributed by atoms with Crippen molar-refractivity contribution in [2.75, 3.05) is 5.32 Å². The van der Waals surface area contributed by atoms with Crippen LogP contribution in [0.15, 0.2) is 39.7 Å². The normalized spacial score (nSPS) is 10.6. The molecule has 0 aliphatic carbocycles. The molecule has 0 amide bonds. The molecule has 0 aliphatic rings. The van der Waals surface area contributed by atoms with Crippen LogP contribution in [-0.4, -0.2) is 9.78 Å². The van der Waals surface area contributed by atoms with Crippen molar-refractivity contribution in [2.45, 2.75) is 26.4 Å². The van der Waals surface area contributed by atoms with Crippen LogP contribution in [0.4, 0.5) is 5.69 Å². The molecule has 6 heteroatoms. The number of benzene rings is 1. The first-order chi connectivity index (χ1) is 9.61. The smallest absolute Gasteiger partial charge is 0.283 e. The summed E-state index contributed by atoms with van der Waals surface area (Å²) in [6.07, 6.45) is 2.54. The Kier molecular flexibility index (Phi) is 5.20. The highest BCUT2D eigenvalue weighted by Crippen LogP contribution is 2.18. The Morgan fingerprint density at radius 3 is 2.70 bits per heavy atom. The van der Waals surface area contributed by atoms with Crippen molar-refractivity contribution >= 4 is 33.2 Å². The fourth-order valence-corrected chi connectivity index (χ4v) is 2.33. The highest BCUT2D eigenvalue weighted by atomic mass is 79.9. The Morgan fingerprint density at radius 2 is 2.05 bits per heavy atom. The molecule has 0 aliphatic heterocycles. The summed E-state index contributed by atoms with van der Waals surface area (Å²) in [7, 11) is 0. The highest BCUT2D eigenvalue weighted by molar-refractivity contribution is 9.10. The highest BCUT2D eigenvalue weighted by Gasteiger charge is 2.08. The van der Waals surface area contributed by atoms with Crippen LogP contribution in [0, 0.1) is 0 Å². The first kappa shape index (κ1) is 15.1. The van der Waals surface area contributed by atoms with Gasteiger partial charge in [-0.1, -0.05) is 30.7 Å². The Hall–Kier alpha value is -1.33. The summed E-state index contributed by atoms with van der Waals surface area (Å²) >= 11 is 9.17. The van der Waals surface area contributed by atoms with Crippen LogP contribution < -0.4 is 10.9 Å². The van der Waals surface area contributed by atoms with E-state index >= 15 is 0 Å². The summed E-state index contributed by atoms with van der Waals surface area (Å²) in [6, 6.07) is 7.56. The average Bonchev–Trinajstić information content (AvgIpc) is 2.45. The number of halogens is 2. The molecule has 4 nitrogen and oxygen atoms in total. The second-order valence-corrected chi connectivity index (χ2v) is 5.61. The van der Waals surface area contributed by atoms with Crippen LogP contribution in [-0.2, 0) is 13.1 Å². The van der Waals surface area contributed by atoms with E-state index in [2.05, 4.69) is 26.3 Å². The van der Waals surface area contributed by atoms with Gasteiger partial charge in [0.05, 0.1) is 11.9 Å². The van der Waals surface area contributed by atoms with Gasteiger partial charge in [0.2, 0.25) is 0 Å². The van der Waals surface area contributed by atoms with Gasteiger partial charge in [-0.3, -0.25) is 4.79 Å². The molecule has 0 spiro atoms. The maximum Gasteiger partial charge on any atom is 0.283 e. The van der Waals surface area contributed by atoms with Gasteiger partial charge < -0.3 is 5.32 Å². The summed E-state index contributed by atoms with van der Waals surface area (Å²) in [4.78, 5) is 12.0. The number of nitrogens with zero attached hydrogens (tertiary/aromatic N) is 2. The lowest BCUT2D eigenvalue weighted by Crippen LogP contribution is -2.24. The van der Waals surface area contributed by atoms with Crippen molar-refractivity contribution in [2.24, 2.45) is 0 Å². The van der Waals surface area contributed by atoms with Gasteiger partial charge in [-0.15, -0.1) is 0 Å². The maximum absolute atomic E-state index is 12.0. The molecule has 0 saturated heterocycles. The van der Waals surface area contributed by atoms with Crippen molar-refractivity contribution in [3.05, 3.63) is 55.9 Å². The molecule has 2 aromatic rings. The lowest BCUT2D eigenvalue weighted by atomic mass is 10.2. The SMILES string of the molecule is CCCn1ncc(NCc2ccc(Cl)cc2)c(Br)c1=O. The molecule has 1 aromatic heterocycles. The number of anilines is 1. The molecule has 0 saturated carbocycles. The zero-order chi connectivity index (χ0) is 14.5. The molecule has 2 rings (SSSR count). The van der Waals surface area contributed by atoms with Gasteiger partial charge >= 0.3 is 0 Å². The van der Waals surface area contributed by atoms with Crippen LogP contribution in [0.25, 0.3) is 0 Å². The number of aromatic nitrogens is 2. The fraction of sp³-hybridized carbons (Fsp3) is 0.286. The Morgan fingerprint density at radius 1 is 1.35 bits per heavy atom. The summed E-state index contributed by atoms with van der Waals surface area (Å²) < 4.78 is 1.97. The Bertz CT molecular complexity index is 640. The lowest BCUT2D eigenvalue weighted by molar-refractivity contribution is 0.566. The molecule has 0 bridgehead atoms. The van der Waals surface area contributed by atoms with Crippen molar-refractivity contribution in [1.29, 1.82) is 0 Å². The molecular formula is C14H15BrClN3O. The summed E-state index contributed by atoms with van der Waals surface area (Å²) in [5.74, 6) is 0. The van der Waals surface area contributed by atoms with Gasteiger partial charge in [0.25, 0.3) is 5.56 Å². The third-order valence-corrected chi connectivity index (χ3v) is 3.83. The van der Waals surface area contributed by atoms with Crippen LogP contribution >= 0.6 is 27.5 Å². The fourth-order valence-electron chi connectivity index (χ4n) is 1.76. The lowest BCUT2D eigenvalue weighted by Gasteiger charge is -2.10. The number of hydrogen-bond donors (Lipinski definition) is 1. The predicted octanol–water partition coefficient (Wildman–Crippen LogP) is 3.68. The van der Waals surface area contributed by atoms with Gasteiger partial charge in [0.1, 0.15) is 4.47 Å². The van der Waals surface area contributed by atoms with E-state index in [1.54, 1.807) is 6.20 Å². The second-order valence-electron chi connectivity index (χ2n) is 4.38. The summed E-state index contributed by atoms with van der Waals surface area (Å²) in [5, 5.41) is 8.05. The Balaban J connectivity index is 2.12. The van der Waals surface area contributed by atoms with Crippen LogP contribution in [0.5, 0.6) is 0 Å². The zero-order valence-electron chi connectivity index (χ0n) is 11.1. The van der Waals surface area contributed by atoms with Gasteiger partial charge in [-0.05, 0) is 40.0 Å². The van der Waals surface area contributed by atoms with E-state index in [1.807, 2.05) is 31.2 Å². The van der Waals surface area contributed by atoms with Crippen molar-refractivity contribution in [3.63, 3.8) is 0 Å². The van der Waals surface area contributed by atoms with E-state index in [0.29, 0.717) is 28.3 Å². The molecular weight excluding hydrogens is 342 g/mol. The predicted molar refractivity (Wildman–Crippen MR) is 85.3 cm³/mol.